The third-order valence-electron chi connectivity index (χ3n) is 5.37. The molecular formula is C26H24N2O3. The van der Waals surface area contributed by atoms with Crippen LogP contribution in [0.5, 0.6) is 5.75 Å². The van der Waals surface area contributed by atoms with Gasteiger partial charge in [-0.05, 0) is 55.1 Å². The van der Waals surface area contributed by atoms with Crippen molar-refractivity contribution in [3.8, 4) is 5.75 Å². The second-order valence-electron chi connectivity index (χ2n) is 7.63. The predicted molar refractivity (Wildman–Crippen MR) is 124 cm³/mol. The van der Waals surface area contributed by atoms with Crippen LogP contribution in [0.2, 0.25) is 0 Å². The third kappa shape index (κ3) is 4.21. The Morgan fingerprint density at radius 3 is 2.52 bits per heavy atom. The van der Waals surface area contributed by atoms with Crippen LogP contribution in [0.4, 0.5) is 5.69 Å². The van der Waals surface area contributed by atoms with Crippen LogP contribution in [0.3, 0.4) is 0 Å². The van der Waals surface area contributed by atoms with E-state index in [1.807, 2.05) is 74.5 Å². The molecule has 1 amide bonds. The number of aromatic nitrogens is 1. The zero-order valence-electron chi connectivity index (χ0n) is 17.8. The fourth-order valence-corrected chi connectivity index (χ4v) is 3.71. The molecule has 0 bridgehead atoms. The molecule has 0 aliphatic rings. The number of H-pyrrole nitrogens is 1. The van der Waals surface area contributed by atoms with E-state index in [1.165, 1.54) is 0 Å². The molecule has 0 radical (unpaired) electrons. The molecule has 156 valence electrons. The number of hydrogen-bond acceptors (Lipinski definition) is 3. The molecule has 5 heteroatoms. The van der Waals surface area contributed by atoms with E-state index in [0.29, 0.717) is 22.6 Å². The molecule has 0 aliphatic heterocycles. The largest absolute Gasteiger partial charge is 0.497 e. The molecule has 0 aliphatic carbocycles. The van der Waals surface area contributed by atoms with Crippen molar-refractivity contribution in [1.82, 2.24) is 4.98 Å². The number of hydrogen-bond donors (Lipinski definition) is 1. The van der Waals surface area contributed by atoms with Crippen LogP contribution >= 0.6 is 0 Å². The Labute approximate surface area is 180 Å². The lowest BCUT2D eigenvalue weighted by atomic mass is 10.1. The van der Waals surface area contributed by atoms with Crippen LogP contribution in [-0.4, -0.2) is 18.0 Å². The fourth-order valence-electron chi connectivity index (χ4n) is 3.71. The quantitative estimate of drug-likeness (QED) is 0.502. The number of aromatic amines is 1. The molecule has 0 atom stereocenters. The van der Waals surface area contributed by atoms with Gasteiger partial charge in [0.1, 0.15) is 5.75 Å². The summed E-state index contributed by atoms with van der Waals surface area (Å²) in [6.07, 6.45) is 0. The maximum absolute atomic E-state index is 13.5. The molecule has 1 heterocycles. The zero-order chi connectivity index (χ0) is 22.0. The van der Waals surface area contributed by atoms with E-state index in [1.54, 1.807) is 24.1 Å². The number of benzene rings is 3. The first kappa shape index (κ1) is 20.4. The van der Waals surface area contributed by atoms with Crippen molar-refractivity contribution in [3.05, 3.63) is 105 Å². The SMILES string of the molecule is COc1cccc(N(Cc2cc3cccc(C)c3[nH]c2=O)C(=O)c2cccc(C)c2)c1. The molecule has 0 saturated heterocycles. The van der Waals surface area contributed by atoms with Crippen molar-refractivity contribution in [3.63, 3.8) is 0 Å². The van der Waals surface area contributed by atoms with Gasteiger partial charge in [-0.3, -0.25) is 9.59 Å². The maximum atomic E-state index is 13.5. The molecule has 4 rings (SSSR count). The summed E-state index contributed by atoms with van der Waals surface area (Å²) in [6.45, 7) is 4.05. The molecule has 0 saturated carbocycles. The number of anilines is 1. The number of ether oxygens (including phenoxy) is 1. The third-order valence-corrected chi connectivity index (χ3v) is 5.37. The minimum Gasteiger partial charge on any atom is -0.497 e. The summed E-state index contributed by atoms with van der Waals surface area (Å²) >= 11 is 0. The van der Waals surface area contributed by atoms with E-state index >= 15 is 0 Å². The van der Waals surface area contributed by atoms with Gasteiger partial charge < -0.3 is 14.6 Å². The second-order valence-corrected chi connectivity index (χ2v) is 7.63. The highest BCUT2D eigenvalue weighted by molar-refractivity contribution is 6.06. The summed E-state index contributed by atoms with van der Waals surface area (Å²) in [7, 11) is 1.59. The highest BCUT2D eigenvalue weighted by Gasteiger charge is 2.20. The molecule has 4 aromatic rings. The molecule has 0 spiro atoms. The lowest BCUT2D eigenvalue weighted by molar-refractivity contribution is 0.0985. The normalized spacial score (nSPS) is 10.8. The lowest BCUT2D eigenvalue weighted by Crippen LogP contribution is -2.33. The van der Waals surface area contributed by atoms with E-state index < -0.39 is 0 Å². The second kappa shape index (κ2) is 8.48. The molecule has 1 aromatic heterocycles. The van der Waals surface area contributed by atoms with Gasteiger partial charge in [-0.15, -0.1) is 0 Å². The van der Waals surface area contributed by atoms with Crippen LogP contribution in [0.15, 0.2) is 77.6 Å². The number of nitrogens with zero attached hydrogens (tertiary/aromatic N) is 1. The van der Waals surface area contributed by atoms with Crippen molar-refractivity contribution in [2.45, 2.75) is 20.4 Å². The van der Waals surface area contributed by atoms with Crippen LogP contribution in [0, 0.1) is 13.8 Å². The Kier molecular flexibility index (Phi) is 5.58. The van der Waals surface area contributed by atoms with E-state index in [2.05, 4.69) is 4.98 Å². The number of fused-ring (bicyclic) bond motifs is 1. The molecule has 3 aromatic carbocycles. The summed E-state index contributed by atoms with van der Waals surface area (Å²) < 4.78 is 5.35. The summed E-state index contributed by atoms with van der Waals surface area (Å²) in [5.74, 6) is 0.461. The Balaban J connectivity index is 1.81. The van der Waals surface area contributed by atoms with Gasteiger partial charge in [0.15, 0.2) is 0 Å². The fraction of sp³-hybridized carbons (Fsp3) is 0.154. The Bertz CT molecular complexity index is 1320. The Hall–Kier alpha value is -3.86. The summed E-state index contributed by atoms with van der Waals surface area (Å²) in [4.78, 5) is 31.0. The molecule has 1 N–H and O–H groups in total. The number of para-hydroxylation sites is 1. The van der Waals surface area contributed by atoms with E-state index in [4.69, 9.17) is 4.74 Å². The number of pyridine rings is 1. The number of nitrogens with one attached hydrogen (secondary N) is 1. The van der Waals surface area contributed by atoms with Crippen molar-refractivity contribution in [2.24, 2.45) is 0 Å². The molecule has 5 nitrogen and oxygen atoms in total. The number of aryl methyl sites for hydroxylation is 2. The van der Waals surface area contributed by atoms with E-state index in [9.17, 15) is 9.59 Å². The summed E-state index contributed by atoms with van der Waals surface area (Å²) in [5, 5.41) is 0.934. The van der Waals surface area contributed by atoms with Gasteiger partial charge in [0.25, 0.3) is 11.5 Å². The van der Waals surface area contributed by atoms with Crippen molar-refractivity contribution < 1.29 is 9.53 Å². The van der Waals surface area contributed by atoms with Gasteiger partial charge in [0.05, 0.1) is 19.2 Å². The highest BCUT2D eigenvalue weighted by atomic mass is 16.5. The predicted octanol–water partition coefficient (Wildman–Crippen LogP) is 5.00. The molecular weight excluding hydrogens is 388 g/mol. The number of carbonyl (C=O) groups is 1. The van der Waals surface area contributed by atoms with E-state index in [-0.39, 0.29) is 18.0 Å². The smallest absolute Gasteiger partial charge is 0.258 e. The van der Waals surface area contributed by atoms with Crippen LogP contribution in [-0.2, 0) is 6.54 Å². The van der Waals surface area contributed by atoms with Crippen LogP contribution in [0.1, 0.15) is 27.0 Å². The number of rotatable bonds is 5. The monoisotopic (exact) mass is 412 g/mol. The van der Waals surface area contributed by atoms with Gasteiger partial charge in [-0.25, -0.2) is 0 Å². The lowest BCUT2D eigenvalue weighted by Gasteiger charge is -2.24. The average Bonchev–Trinajstić information content (AvgIpc) is 2.78. The van der Waals surface area contributed by atoms with Crippen LogP contribution < -0.4 is 15.2 Å². The van der Waals surface area contributed by atoms with Gasteiger partial charge >= 0.3 is 0 Å². The number of amides is 1. The highest BCUT2D eigenvalue weighted by Crippen LogP contribution is 2.25. The average molecular weight is 412 g/mol. The summed E-state index contributed by atoms with van der Waals surface area (Å²) in [6, 6.07) is 22.5. The molecule has 0 unspecified atom stereocenters. The van der Waals surface area contributed by atoms with Crippen LogP contribution in [0.25, 0.3) is 10.9 Å². The number of methoxy groups -OCH3 is 1. The first-order chi connectivity index (χ1) is 15.0. The first-order valence-corrected chi connectivity index (χ1v) is 10.1. The summed E-state index contributed by atoms with van der Waals surface area (Å²) in [5.41, 5.74) is 4.35. The van der Waals surface area contributed by atoms with Crippen molar-refractivity contribution in [2.75, 3.05) is 12.0 Å². The Morgan fingerprint density at radius 1 is 0.968 bits per heavy atom. The number of carbonyl (C=O) groups excluding carboxylic acids is 1. The van der Waals surface area contributed by atoms with Crippen molar-refractivity contribution >= 4 is 22.5 Å². The molecule has 0 fully saturated rings. The molecule has 31 heavy (non-hydrogen) atoms. The maximum Gasteiger partial charge on any atom is 0.258 e. The topological polar surface area (TPSA) is 62.4 Å². The first-order valence-electron chi connectivity index (χ1n) is 10.1. The minimum absolute atomic E-state index is 0.138. The minimum atomic E-state index is -0.202. The van der Waals surface area contributed by atoms with Crippen molar-refractivity contribution in [1.29, 1.82) is 0 Å². The zero-order valence-corrected chi connectivity index (χ0v) is 17.8. The van der Waals surface area contributed by atoms with Gasteiger partial charge in [0.2, 0.25) is 0 Å². The van der Waals surface area contributed by atoms with E-state index in [0.717, 1.165) is 22.0 Å². The van der Waals surface area contributed by atoms with Gasteiger partial charge in [-0.1, -0.05) is 42.0 Å². The van der Waals surface area contributed by atoms with Gasteiger partial charge in [0, 0.05) is 22.9 Å². The Morgan fingerprint density at radius 2 is 1.74 bits per heavy atom. The van der Waals surface area contributed by atoms with Gasteiger partial charge in [-0.2, -0.15) is 0 Å². The standard InChI is InChI=1S/C26H24N2O3/c1-17-7-4-10-20(13-17)26(30)28(22-11-6-12-23(15-22)31-3)16-21-14-19-9-5-8-18(2)24(19)27-25(21)29/h4-15H,16H2,1-3H3,(H,27,29).